The third kappa shape index (κ3) is 3.61. The molecule has 3 aromatic rings. The number of aliphatic hydroxyl groups is 1. The zero-order chi connectivity index (χ0) is 23.0. The topological polar surface area (TPSA) is 100 Å². The number of carbonyl (C=O) groups is 2. The molecule has 1 aromatic heterocycles. The molecule has 1 aliphatic heterocycles. The molecule has 1 amide bonds. The van der Waals surface area contributed by atoms with Gasteiger partial charge in [0.15, 0.2) is 0 Å². The number of phenols is 1. The Labute approximate surface area is 189 Å². The van der Waals surface area contributed by atoms with Gasteiger partial charge in [-0.25, -0.2) is 0 Å². The highest BCUT2D eigenvalue weighted by Gasteiger charge is 2.49. The molecule has 2 aromatic carbocycles. The molecule has 2 heterocycles. The van der Waals surface area contributed by atoms with Crippen LogP contribution < -0.4 is 9.64 Å². The van der Waals surface area contributed by atoms with E-state index in [0.717, 1.165) is 4.90 Å². The van der Waals surface area contributed by atoms with Gasteiger partial charge in [0.1, 0.15) is 34.8 Å². The average molecular weight is 454 g/mol. The van der Waals surface area contributed by atoms with Crippen molar-refractivity contribution in [2.75, 3.05) is 11.5 Å². The van der Waals surface area contributed by atoms with Gasteiger partial charge in [-0.15, -0.1) is 0 Å². The number of phenolic OH excluding ortho intramolecular Hbond substituents is 1. The first kappa shape index (κ1) is 21.5. The van der Waals surface area contributed by atoms with Crippen molar-refractivity contribution in [3.8, 4) is 11.5 Å². The lowest BCUT2D eigenvalue weighted by atomic mass is 9.99. The number of carbonyl (C=O) groups excluding carboxylic acids is 2. The predicted octanol–water partition coefficient (Wildman–Crippen LogP) is 4.97. The summed E-state index contributed by atoms with van der Waals surface area (Å²) in [5, 5.41) is 21.7. The number of aromatic hydroxyl groups is 1. The molecule has 1 unspecified atom stereocenters. The molecule has 2 N–H and O–H groups in total. The van der Waals surface area contributed by atoms with Crippen molar-refractivity contribution >= 4 is 34.7 Å². The van der Waals surface area contributed by atoms with Gasteiger partial charge in [-0.3, -0.25) is 14.5 Å². The number of para-hydroxylation sites is 2. The minimum Gasteiger partial charge on any atom is -0.507 e. The molecule has 0 aliphatic carbocycles. The molecule has 164 valence electrons. The maximum atomic E-state index is 13.1. The molecule has 4 rings (SSSR count). The monoisotopic (exact) mass is 453 g/mol. The lowest BCUT2D eigenvalue weighted by Gasteiger charge is -2.24. The number of aliphatic hydroxyl groups excluding tert-OH is 1. The summed E-state index contributed by atoms with van der Waals surface area (Å²) < 4.78 is 11.2. The lowest BCUT2D eigenvalue weighted by Crippen LogP contribution is -2.29. The largest absolute Gasteiger partial charge is 0.507 e. The van der Waals surface area contributed by atoms with Gasteiger partial charge in [0.2, 0.25) is 0 Å². The molecule has 0 radical (unpaired) electrons. The van der Waals surface area contributed by atoms with Crippen LogP contribution in [0, 0.1) is 6.92 Å². The first-order valence-corrected chi connectivity index (χ1v) is 10.3. The Balaban J connectivity index is 1.96. The van der Waals surface area contributed by atoms with Crippen molar-refractivity contribution in [2.45, 2.75) is 19.9 Å². The SMILES string of the molecule is CCOc1ccc(Cl)c(/C(O)=C2\C(=O)C(=O)N(c3ccccc3O)C2c2ccc(C)o2)c1. The van der Waals surface area contributed by atoms with Crippen LogP contribution in [0.3, 0.4) is 0 Å². The fraction of sp³-hybridized carbons (Fsp3) is 0.167. The molecular weight excluding hydrogens is 434 g/mol. The van der Waals surface area contributed by atoms with Crippen LogP contribution in [0.2, 0.25) is 5.02 Å². The second kappa shape index (κ2) is 8.43. The number of hydrogen-bond donors (Lipinski definition) is 2. The second-order valence-electron chi connectivity index (χ2n) is 7.18. The van der Waals surface area contributed by atoms with E-state index >= 15 is 0 Å². The summed E-state index contributed by atoms with van der Waals surface area (Å²) in [6, 6.07) is 13.0. The minimum atomic E-state index is -1.11. The van der Waals surface area contributed by atoms with E-state index in [2.05, 4.69) is 0 Å². The number of benzene rings is 2. The van der Waals surface area contributed by atoms with Crippen LogP contribution in [-0.4, -0.2) is 28.5 Å². The Morgan fingerprint density at radius 1 is 1.16 bits per heavy atom. The van der Waals surface area contributed by atoms with E-state index < -0.39 is 23.5 Å². The van der Waals surface area contributed by atoms with Gasteiger partial charge in [0.25, 0.3) is 11.7 Å². The average Bonchev–Trinajstić information content (AvgIpc) is 3.31. The lowest BCUT2D eigenvalue weighted by molar-refractivity contribution is -0.132. The van der Waals surface area contributed by atoms with Crippen LogP contribution in [0.5, 0.6) is 11.5 Å². The van der Waals surface area contributed by atoms with Crippen LogP contribution in [0.4, 0.5) is 5.69 Å². The minimum absolute atomic E-state index is 0.113. The van der Waals surface area contributed by atoms with E-state index in [0.29, 0.717) is 18.1 Å². The molecule has 32 heavy (non-hydrogen) atoms. The highest BCUT2D eigenvalue weighted by molar-refractivity contribution is 6.52. The molecule has 0 saturated carbocycles. The van der Waals surface area contributed by atoms with Crippen molar-refractivity contribution in [2.24, 2.45) is 0 Å². The molecule has 1 fully saturated rings. The van der Waals surface area contributed by atoms with Gasteiger partial charge in [0.05, 0.1) is 22.9 Å². The third-order valence-electron chi connectivity index (χ3n) is 5.12. The molecule has 1 saturated heterocycles. The van der Waals surface area contributed by atoms with Crippen molar-refractivity contribution in [3.63, 3.8) is 0 Å². The zero-order valence-electron chi connectivity index (χ0n) is 17.3. The fourth-order valence-electron chi connectivity index (χ4n) is 3.71. The molecular formula is C24H20ClNO6. The molecule has 8 heteroatoms. The zero-order valence-corrected chi connectivity index (χ0v) is 18.1. The number of nitrogens with zero attached hydrogens (tertiary/aromatic N) is 1. The number of Topliss-reactive ketones (excluding diaryl/α,β-unsaturated/α-hetero) is 1. The highest BCUT2D eigenvalue weighted by Crippen LogP contribution is 2.45. The van der Waals surface area contributed by atoms with Gasteiger partial charge < -0.3 is 19.4 Å². The van der Waals surface area contributed by atoms with Crippen molar-refractivity contribution < 1.29 is 29.0 Å². The summed E-state index contributed by atoms with van der Waals surface area (Å²) in [7, 11) is 0. The number of rotatable bonds is 5. The van der Waals surface area contributed by atoms with Gasteiger partial charge >= 0.3 is 0 Å². The summed E-state index contributed by atoms with van der Waals surface area (Å²) in [5.74, 6) is -1.25. The van der Waals surface area contributed by atoms with E-state index in [1.165, 1.54) is 24.3 Å². The number of furan rings is 1. The van der Waals surface area contributed by atoms with E-state index in [1.54, 1.807) is 37.3 Å². The Kier molecular flexibility index (Phi) is 5.67. The second-order valence-corrected chi connectivity index (χ2v) is 7.59. The van der Waals surface area contributed by atoms with Crippen LogP contribution in [0.15, 0.2) is 64.6 Å². The van der Waals surface area contributed by atoms with Crippen molar-refractivity contribution in [3.05, 3.63) is 82.3 Å². The molecule has 1 aliphatic rings. The van der Waals surface area contributed by atoms with E-state index in [-0.39, 0.29) is 33.4 Å². The van der Waals surface area contributed by atoms with Gasteiger partial charge in [-0.1, -0.05) is 23.7 Å². The van der Waals surface area contributed by atoms with E-state index in [1.807, 2.05) is 6.92 Å². The van der Waals surface area contributed by atoms with E-state index in [4.69, 9.17) is 20.8 Å². The van der Waals surface area contributed by atoms with Gasteiger partial charge in [0, 0.05) is 5.56 Å². The molecule has 0 bridgehead atoms. The Morgan fingerprint density at radius 3 is 2.56 bits per heavy atom. The quantitative estimate of drug-likeness (QED) is 0.321. The van der Waals surface area contributed by atoms with Crippen molar-refractivity contribution in [1.82, 2.24) is 0 Å². The number of aryl methyl sites for hydroxylation is 1. The Bertz CT molecular complexity index is 1240. The first-order chi connectivity index (χ1) is 15.3. The van der Waals surface area contributed by atoms with Crippen molar-refractivity contribution in [1.29, 1.82) is 0 Å². The Hall–Kier alpha value is -3.71. The van der Waals surface area contributed by atoms with Gasteiger partial charge in [-0.05, 0) is 56.3 Å². The molecule has 7 nitrogen and oxygen atoms in total. The van der Waals surface area contributed by atoms with Crippen LogP contribution in [0.25, 0.3) is 5.76 Å². The van der Waals surface area contributed by atoms with Crippen LogP contribution >= 0.6 is 11.6 Å². The number of amides is 1. The number of ketones is 1. The van der Waals surface area contributed by atoms with E-state index in [9.17, 15) is 19.8 Å². The Morgan fingerprint density at radius 2 is 1.91 bits per heavy atom. The van der Waals surface area contributed by atoms with Crippen LogP contribution in [0.1, 0.15) is 30.0 Å². The number of hydrogen-bond acceptors (Lipinski definition) is 6. The summed E-state index contributed by atoms with van der Waals surface area (Å²) in [5.41, 5.74) is 0.0474. The van der Waals surface area contributed by atoms with Crippen LogP contribution in [-0.2, 0) is 9.59 Å². The molecule has 0 spiro atoms. The number of anilines is 1. The predicted molar refractivity (Wildman–Crippen MR) is 119 cm³/mol. The summed E-state index contributed by atoms with van der Waals surface area (Å²) >= 11 is 6.31. The third-order valence-corrected chi connectivity index (χ3v) is 5.45. The fourth-order valence-corrected chi connectivity index (χ4v) is 3.91. The smallest absolute Gasteiger partial charge is 0.300 e. The normalized spacial score (nSPS) is 17.7. The summed E-state index contributed by atoms with van der Waals surface area (Å²) in [6.45, 7) is 3.93. The van der Waals surface area contributed by atoms with Gasteiger partial charge in [-0.2, -0.15) is 0 Å². The first-order valence-electron chi connectivity index (χ1n) is 9.91. The maximum Gasteiger partial charge on any atom is 0.300 e. The number of ether oxygens (including phenoxy) is 1. The summed E-state index contributed by atoms with van der Waals surface area (Å²) in [4.78, 5) is 27.3. The molecule has 1 atom stereocenters. The standard InChI is InChI=1S/C24H20ClNO6/c1-3-31-14-9-10-16(25)15(12-14)22(28)20-21(19-11-8-13(2)32-19)26(24(30)23(20)29)17-6-4-5-7-18(17)27/h4-12,21,27-28H,3H2,1-2H3/b22-20+. The summed E-state index contributed by atoms with van der Waals surface area (Å²) in [6.07, 6.45) is 0. The maximum absolute atomic E-state index is 13.1. The highest BCUT2D eigenvalue weighted by atomic mass is 35.5. The number of halogens is 1.